The lowest BCUT2D eigenvalue weighted by Gasteiger charge is -2.02. The second-order valence-corrected chi connectivity index (χ2v) is 6.03. The molecule has 0 spiro atoms. The minimum Gasteiger partial charge on any atom is -0.481 e. The van der Waals surface area contributed by atoms with Crippen LogP contribution in [0.5, 0.6) is 0 Å². The van der Waals surface area contributed by atoms with Gasteiger partial charge in [-0.25, -0.2) is 4.98 Å². The first-order valence-corrected chi connectivity index (χ1v) is 7.15. The van der Waals surface area contributed by atoms with Gasteiger partial charge in [-0.2, -0.15) is 0 Å². The van der Waals surface area contributed by atoms with Gasteiger partial charge in [0.1, 0.15) is 0 Å². The Morgan fingerprint density at radius 3 is 2.90 bits per heavy atom. The Morgan fingerprint density at radius 1 is 1.40 bits per heavy atom. The van der Waals surface area contributed by atoms with Gasteiger partial charge in [-0.15, -0.1) is 11.3 Å². The van der Waals surface area contributed by atoms with Crippen LogP contribution in [0.4, 0.5) is 0 Å². The van der Waals surface area contributed by atoms with Gasteiger partial charge in [0, 0.05) is 28.2 Å². The number of para-hydroxylation sites is 1. The molecule has 0 aliphatic carbocycles. The number of nitrogens with zero attached hydrogens (tertiary/aromatic N) is 2. The van der Waals surface area contributed by atoms with E-state index in [1.165, 1.54) is 4.88 Å². The van der Waals surface area contributed by atoms with E-state index in [4.69, 9.17) is 5.11 Å². The van der Waals surface area contributed by atoms with E-state index >= 15 is 0 Å². The van der Waals surface area contributed by atoms with Crippen LogP contribution >= 0.6 is 11.3 Å². The molecule has 0 atom stereocenters. The average Bonchev–Trinajstić information content (AvgIpc) is 2.95. The third kappa shape index (κ3) is 2.44. The summed E-state index contributed by atoms with van der Waals surface area (Å²) < 4.78 is 2.10. The molecule has 2 heterocycles. The first-order valence-electron chi connectivity index (χ1n) is 6.33. The lowest BCUT2D eigenvalue weighted by molar-refractivity contribution is -0.136. The van der Waals surface area contributed by atoms with Gasteiger partial charge >= 0.3 is 5.97 Å². The zero-order chi connectivity index (χ0) is 14.1. The highest BCUT2D eigenvalue weighted by Crippen LogP contribution is 2.24. The van der Waals surface area contributed by atoms with Crippen LogP contribution in [0.1, 0.15) is 15.4 Å². The van der Waals surface area contributed by atoms with E-state index in [-0.39, 0.29) is 6.42 Å². The zero-order valence-corrected chi connectivity index (χ0v) is 11.9. The van der Waals surface area contributed by atoms with Crippen LogP contribution < -0.4 is 0 Å². The van der Waals surface area contributed by atoms with Crippen LogP contribution in [0.25, 0.3) is 10.9 Å². The van der Waals surface area contributed by atoms with E-state index in [1.807, 2.05) is 43.6 Å². The smallest absolute Gasteiger partial charge is 0.307 e. The summed E-state index contributed by atoms with van der Waals surface area (Å²) in [5.41, 5.74) is 1.92. The molecular weight excluding hydrogens is 272 g/mol. The van der Waals surface area contributed by atoms with Gasteiger partial charge in [0.15, 0.2) is 0 Å². The molecule has 0 fully saturated rings. The third-order valence-electron chi connectivity index (χ3n) is 3.21. The lowest BCUT2D eigenvalue weighted by Crippen LogP contribution is -1.99. The number of aromatic nitrogens is 2. The molecule has 0 unspecified atom stereocenters. The highest BCUT2D eigenvalue weighted by Gasteiger charge is 2.11. The molecule has 2 aromatic heterocycles. The maximum Gasteiger partial charge on any atom is 0.307 e. The molecule has 0 radical (unpaired) electrons. The van der Waals surface area contributed by atoms with Gasteiger partial charge in [-0.1, -0.05) is 18.2 Å². The summed E-state index contributed by atoms with van der Waals surface area (Å²) in [6.45, 7) is 2.71. The Bertz CT molecular complexity index is 773. The molecule has 0 aliphatic rings. The van der Waals surface area contributed by atoms with Crippen molar-refractivity contribution in [3.63, 3.8) is 0 Å². The molecule has 0 saturated heterocycles. The summed E-state index contributed by atoms with van der Waals surface area (Å²) in [4.78, 5) is 16.4. The van der Waals surface area contributed by atoms with Crippen LogP contribution in [-0.2, 0) is 17.8 Å². The molecule has 1 aromatic carbocycles. The quantitative estimate of drug-likeness (QED) is 0.802. The Labute approximate surface area is 120 Å². The fourth-order valence-corrected chi connectivity index (χ4v) is 3.20. The van der Waals surface area contributed by atoms with E-state index in [0.717, 1.165) is 28.0 Å². The van der Waals surface area contributed by atoms with E-state index in [0.29, 0.717) is 0 Å². The number of fused-ring (bicyclic) bond motifs is 1. The van der Waals surface area contributed by atoms with E-state index in [9.17, 15) is 4.79 Å². The SMILES string of the molecule is Cc1ncc(Cn2cc(CC(=O)O)c3ccccc32)s1. The Balaban J connectivity index is 2.04. The Kier molecular flexibility index (Phi) is 3.28. The summed E-state index contributed by atoms with van der Waals surface area (Å²) in [5.74, 6) is -0.804. The van der Waals surface area contributed by atoms with Crippen molar-refractivity contribution in [1.29, 1.82) is 0 Å². The molecule has 0 amide bonds. The minimum atomic E-state index is -0.804. The van der Waals surface area contributed by atoms with Gasteiger partial charge in [-0.05, 0) is 18.6 Å². The van der Waals surface area contributed by atoms with Crippen molar-refractivity contribution in [1.82, 2.24) is 9.55 Å². The highest BCUT2D eigenvalue weighted by atomic mass is 32.1. The summed E-state index contributed by atoms with van der Waals surface area (Å²) in [5, 5.41) is 11.1. The minimum absolute atomic E-state index is 0.0508. The molecule has 0 aliphatic heterocycles. The van der Waals surface area contributed by atoms with Crippen molar-refractivity contribution < 1.29 is 9.90 Å². The van der Waals surface area contributed by atoms with Crippen molar-refractivity contribution in [2.24, 2.45) is 0 Å². The number of carboxylic acid groups (broad SMARTS) is 1. The van der Waals surface area contributed by atoms with Gasteiger partial charge in [0.05, 0.1) is 18.0 Å². The van der Waals surface area contributed by atoms with Crippen LogP contribution in [0.3, 0.4) is 0 Å². The number of hydrogen-bond acceptors (Lipinski definition) is 3. The second-order valence-electron chi connectivity index (χ2n) is 4.72. The molecule has 20 heavy (non-hydrogen) atoms. The number of thiazole rings is 1. The molecule has 3 aromatic rings. The standard InChI is InChI=1S/C15H14N2O2S/c1-10-16-7-12(20-10)9-17-8-11(6-15(18)19)13-4-2-3-5-14(13)17/h2-5,7-8H,6,9H2,1H3,(H,18,19). The summed E-state index contributed by atoms with van der Waals surface area (Å²) in [7, 11) is 0. The highest BCUT2D eigenvalue weighted by molar-refractivity contribution is 7.11. The van der Waals surface area contributed by atoms with Crippen LogP contribution in [0.15, 0.2) is 36.7 Å². The maximum absolute atomic E-state index is 11.0. The number of rotatable bonds is 4. The predicted molar refractivity (Wildman–Crippen MR) is 79.2 cm³/mol. The van der Waals surface area contributed by atoms with Crippen molar-refractivity contribution in [3.8, 4) is 0 Å². The first kappa shape index (κ1) is 12.9. The number of aliphatic carboxylic acids is 1. The van der Waals surface area contributed by atoms with Crippen molar-refractivity contribution >= 4 is 28.2 Å². The Hall–Kier alpha value is -2.14. The number of hydrogen-bond donors (Lipinski definition) is 1. The summed E-state index contributed by atoms with van der Waals surface area (Å²) in [6.07, 6.45) is 3.87. The van der Waals surface area contributed by atoms with Crippen LogP contribution in [0.2, 0.25) is 0 Å². The van der Waals surface area contributed by atoms with Gasteiger partial charge in [0.25, 0.3) is 0 Å². The molecule has 1 N–H and O–H groups in total. The molecular formula is C15H14N2O2S. The average molecular weight is 286 g/mol. The first-order chi connectivity index (χ1) is 9.63. The largest absolute Gasteiger partial charge is 0.481 e. The van der Waals surface area contributed by atoms with E-state index in [1.54, 1.807) is 11.3 Å². The molecule has 5 heteroatoms. The summed E-state index contributed by atoms with van der Waals surface area (Å²) in [6, 6.07) is 7.91. The monoisotopic (exact) mass is 286 g/mol. The van der Waals surface area contributed by atoms with E-state index < -0.39 is 5.97 Å². The summed E-state index contributed by atoms with van der Waals surface area (Å²) >= 11 is 1.67. The van der Waals surface area contributed by atoms with Crippen molar-refractivity contribution in [2.75, 3.05) is 0 Å². The maximum atomic E-state index is 11.0. The van der Waals surface area contributed by atoms with Crippen LogP contribution in [0, 0.1) is 6.92 Å². The van der Waals surface area contributed by atoms with Crippen LogP contribution in [-0.4, -0.2) is 20.6 Å². The van der Waals surface area contributed by atoms with Crippen molar-refractivity contribution in [2.45, 2.75) is 19.9 Å². The Morgan fingerprint density at radius 2 is 2.20 bits per heavy atom. The topological polar surface area (TPSA) is 55.1 Å². The molecule has 3 rings (SSSR count). The predicted octanol–water partition coefficient (Wildman–Crippen LogP) is 3.08. The molecule has 0 saturated carbocycles. The zero-order valence-electron chi connectivity index (χ0n) is 11.0. The van der Waals surface area contributed by atoms with Crippen molar-refractivity contribution in [3.05, 3.63) is 52.1 Å². The normalized spacial score (nSPS) is 11.1. The third-order valence-corrected chi connectivity index (χ3v) is 4.11. The number of carbonyl (C=O) groups is 1. The van der Waals surface area contributed by atoms with Gasteiger partial charge < -0.3 is 9.67 Å². The van der Waals surface area contributed by atoms with Gasteiger partial charge in [0.2, 0.25) is 0 Å². The second kappa shape index (κ2) is 5.09. The fourth-order valence-electron chi connectivity index (χ4n) is 2.40. The number of carboxylic acids is 1. The van der Waals surface area contributed by atoms with E-state index in [2.05, 4.69) is 9.55 Å². The molecule has 4 nitrogen and oxygen atoms in total. The van der Waals surface area contributed by atoms with Gasteiger partial charge in [-0.3, -0.25) is 4.79 Å². The lowest BCUT2D eigenvalue weighted by atomic mass is 10.1. The number of aryl methyl sites for hydroxylation is 1. The molecule has 102 valence electrons. The molecule has 0 bridgehead atoms. The number of benzene rings is 1. The fraction of sp³-hybridized carbons (Fsp3) is 0.200.